The number of carbonyl (C=O) groups excluding carboxylic acids is 1. The Hall–Kier alpha value is -1.40. The largest absolute Gasteiger partial charge is 0.352 e. The van der Waals surface area contributed by atoms with Crippen LogP contribution in [0.5, 0.6) is 0 Å². The van der Waals surface area contributed by atoms with E-state index in [0.29, 0.717) is 18.2 Å². The van der Waals surface area contributed by atoms with Crippen LogP contribution >= 0.6 is 0 Å². The minimum absolute atomic E-state index is 0.0113. The molecule has 1 atom stereocenters. The molecule has 0 unspecified atom stereocenters. The Kier molecular flexibility index (Phi) is 5.97. The first-order valence-electron chi connectivity index (χ1n) is 8.26. The highest BCUT2D eigenvalue weighted by Gasteiger charge is 2.19. The normalized spacial score (nSPS) is 18.4. The monoisotopic (exact) mass is 307 g/mol. The van der Waals surface area contributed by atoms with Crippen molar-refractivity contribution < 1.29 is 4.79 Å². The van der Waals surface area contributed by atoms with Crippen molar-refractivity contribution in [1.82, 2.24) is 24.9 Å². The van der Waals surface area contributed by atoms with Crippen LogP contribution in [0.2, 0.25) is 0 Å². The maximum Gasteiger partial charge on any atom is 0.254 e. The van der Waals surface area contributed by atoms with Gasteiger partial charge in [0.05, 0.1) is 11.3 Å². The van der Waals surface area contributed by atoms with Crippen LogP contribution in [-0.4, -0.2) is 71.3 Å². The van der Waals surface area contributed by atoms with Crippen molar-refractivity contribution in [2.75, 3.05) is 39.8 Å². The third-order valence-electron chi connectivity index (χ3n) is 4.52. The number of hydrogen-bond acceptors (Lipinski definition) is 4. The highest BCUT2D eigenvalue weighted by atomic mass is 16.1. The number of piperazine rings is 1. The first-order chi connectivity index (χ1) is 10.5. The molecular formula is C16H29N5O. The second-order valence-electron chi connectivity index (χ2n) is 6.22. The molecule has 0 aliphatic carbocycles. The Labute approximate surface area is 133 Å². The van der Waals surface area contributed by atoms with E-state index in [1.807, 2.05) is 20.0 Å². The number of carbonyl (C=O) groups is 1. The van der Waals surface area contributed by atoms with Gasteiger partial charge in [-0.1, -0.05) is 0 Å². The van der Waals surface area contributed by atoms with Gasteiger partial charge in [0.15, 0.2) is 0 Å². The summed E-state index contributed by atoms with van der Waals surface area (Å²) in [6.07, 6.45) is 2.81. The molecule has 1 fully saturated rings. The number of amides is 1. The van der Waals surface area contributed by atoms with E-state index in [4.69, 9.17) is 0 Å². The molecule has 0 bridgehead atoms. The SMILES string of the molecule is CCn1cc(C(=O)NCC[C@H](C)N2CCN(C)CC2)c(C)n1. The summed E-state index contributed by atoms with van der Waals surface area (Å²) >= 11 is 0. The third-order valence-corrected chi connectivity index (χ3v) is 4.52. The van der Waals surface area contributed by atoms with Gasteiger partial charge in [-0.15, -0.1) is 0 Å². The molecule has 0 radical (unpaired) electrons. The van der Waals surface area contributed by atoms with E-state index in [-0.39, 0.29) is 5.91 Å². The molecule has 1 N–H and O–H groups in total. The smallest absolute Gasteiger partial charge is 0.254 e. The molecule has 2 heterocycles. The molecule has 22 heavy (non-hydrogen) atoms. The third kappa shape index (κ3) is 4.30. The second-order valence-corrected chi connectivity index (χ2v) is 6.22. The summed E-state index contributed by atoms with van der Waals surface area (Å²) in [6, 6.07) is 0.508. The molecule has 1 aliphatic rings. The standard InChI is InChI=1S/C16H29N5O/c1-5-21-12-15(14(3)18-21)16(22)17-7-6-13(2)20-10-8-19(4)9-11-20/h12-13H,5-11H2,1-4H3,(H,17,22)/t13-/m0/s1. The van der Waals surface area contributed by atoms with Gasteiger partial charge in [-0.25, -0.2) is 0 Å². The van der Waals surface area contributed by atoms with E-state index in [0.717, 1.165) is 44.8 Å². The summed E-state index contributed by atoms with van der Waals surface area (Å²) in [5.74, 6) is -0.0113. The van der Waals surface area contributed by atoms with Crippen molar-refractivity contribution >= 4 is 5.91 Å². The lowest BCUT2D eigenvalue weighted by Gasteiger charge is -2.36. The summed E-state index contributed by atoms with van der Waals surface area (Å²) < 4.78 is 1.80. The topological polar surface area (TPSA) is 53.4 Å². The predicted molar refractivity (Wildman–Crippen MR) is 88.1 cm³/mol. The molecule has 6 heteroatoms. The Morgan fingerprint density at radius 1 is 1.36 bits per heavy atom. The molecule has 0 saturated carbocycles. The summed E-state index contributed by atoms with van der Waals surface area (Å²) in [4.78, 5) is 17.1. The van der Waals surface area contributed by atoms with Gasteiger partial charge in [-0.3, -0.25) is 14.4 Å². The summed E-state index contributed by atoms with van der Waals surface area (Å²) in [7, 11) is 2.17. The minimum Gasteiger partial charge on any atom is -0.352 e. The molecule has 1 saturated heterocycles. The molecule has 1 amide bonds. The van der Waals surface area contributed by atoms with Gasteiger partial charge in [-0.05, 0) is 34.2 Å². The highest BCUT2D eigenvalue weighted by Crippen LogP contribution is 2.08. The van der Waals surface area contributed by atoms with E-state index < -0.39 is 0 Å². The Bertz CT molecular complexity index is 491. The quantitative estimate of drug-likeness (QED) is 0.851. The number of nitrogens with zero attached hydrogens (tertiary/aromatic N) is 4. The van der Waals surface area contributed by atoms with Gasteiger partial charge in [0.25, 0.3) is 5.91 Å². The zero-order valence-corrected chi connectivity index (χ0v) is 14.3. The van der Waals surface area contributed by atoms with Crippen LogP contribution in [0.25, 0.3) is 0 Å². The van der Waals surface area contributed by atoms with Crippen LogP contribution in [0, 0.1) is 6.92 Å². The number of likely N-dealkylation sites (N-methyl/N-ethyl adjacent to an activating group) is 1. The Morgan fingerprint density at radius 2 is 2.05 bits per heavy atom. The summed E-state index contributed by atoms with van der Waals surface area (Å²) in [6.45, 7) is 12.1. The van der Waals surface area contributed by atoms with Crippen LogP contribution in [0.15, 0.2) is 6.20 Å². The number of rotatable bonds is 6. The Morgan fingerprint density at radius 3 is 2.64 bits per heavy atom. The fourth-order valence-corrected chi connectivity index (χ4v) is 2.84. The molecular weight excluding hydrogens is 278 g/mol. The van der Waals surface area contributed by atoms with Crippen LogP contribution in [0.1, 0.15) is 36.3 Å². The lowest BCUT2D eigenvalue weighted by molar-refractivity contribution is 0.0934. The van der Waals surface area contributed by atoms with E-state index in [9.17, 15) is 4.79 Å². The van der Waals surface area contributed by atoms with Crippen LogP contribution in [0.4, 0.5) is 0 Å². The molecule has 1 aromatic rings. The zero-order chi connectivity index (χ0) is 16.1. The van der Waals surface area contributed by atoms with Gasteiger partial charge in [0.1, 0.15) is 0 Å². The molecule has 2 rings (SSSR count). The van der Waals surface area contributed by atoms with Gasteiger partial charge in [0, 0.05) is 51.5 Å². The van der Waals surface area contributed by atoms with Crippen LogP contribution < -0.4 is 5.32 Å². The molecule has 6 nitrogen and oxygen atoms in total. The van der Waals surface area contributed by atoms with Crippen LogP contribution in [0.3, 0.4) is 0 Å². The van der Waals surface area contributed by atoms with Crippen molar-refractivity contribution in [1.29, 1.82) is 0 Å². The van der Waals surface area contributed by atoms with Crippen molar-refractivity contribution in [2.45, 2.75) is 39.8 Å². The average molecular weight is 307 g/mol. The average Bonchev–Trinajstić information content (AvgIpc) is 2.89. The molecule has 1 aliphatic heterocycles. The molecule has 124 valence electrons. The summed E-state index contributed by atoms with van der Waals surface area (Å²) in [5, 5.41) is 7.34. The van der Waals surface area contributed by atoms with Crippen molar-refractivity contribution in [3.63, 3.8) is 0 Å². The molecule has 1 aromatic heterocycles. The van der Waals surface area contributed by atoms with Crippen molar-refractivity contribution in [3.8, 4) is 0 Å². The second kappa shape index (κ2) is 7.74. The zero-order valence-electron chi connectivity index (χ0n) is 14.3. The fourth-order valence-electron chi connectivity index (χ4n) is 2.84. The maximum atomic E-state index is 12.2. The fraction of sp³-hybridized carbons (Fsp3) is 0.750. The van der Waals surface area contributed by atoms with E-state index in [2.05, 4.69) is 34.2 Å². The minimum atomic E-state index is -0.0113. The predicted octanol–water partition coefficient (Wildman–Crippen LogP) is 0.967. The summed E-state index contributed by atoms with van der Waals surface area (Å²) in [5.41, 5.74) is 1.49. The van der Waals surface area contributed by atoms with E-state index in [1.54, 1.807) is 4.68 Å². The van der Waals surface area contributed by atoms with E-state index in [1.165, 1.54) is 0 Å². The van der Waals surface area contributed by atoms with Gasteiger partial charge < -0.3 is 10.2 Å². The molecule has 0 spiro atoms. The lowest BCUT2D eigenvalue weighted by Crippen LogP contribution is -2.48. The van der Waals surface area contributed by atoms with Crippen LogP contribution in [-0.2, 0) is 6.54 Å². The van der Waals surface area contributed by atoms with Gasteiger partial charge in [-0.2, -0.15) is 5.10 Å². The number of aryl methyl sites for hydroxylation is 2. The number of hydrogen-bond donors (Lipinski definition) is 1. The van der Waals surface area contributed by atoms with E-state index >= 15 is 0 Å². The highest BCUT2D eigenvalue weighted by molar-refractivity contribution is 5.94. The Balaban J connectivity index is 1.75. The van der Waals surface area contributed by atoms with Crippen molar-refractivity contribution in [2.24, 2.45) is 0 Å². The van der Waals surface area contributed by atoms with Crippen molar-refractivity contribution in [3.05, 3.63) is 17.5 Å². The maximum absolute atomic E-state index is 12.2. The lowest BCUT2D eigenvalue weighted by atomic mass is 10.1. The number of aromatic nitrogens is 2. The van der Waals surface area contributed by atoms with Gasteiger partial charge in [0.2, 0.25) is 0 Å². The first kappa shape index (κ1) is 17.0. The molecule has 0 aromatic carbocycles. The number of nitrogens with one attached hydrogen (secondary N) is 1. The van der Waals surface area contributed by atoms with Gasteiger partial charge >= 0.3 is 0 Å². The first-order valence-corrected chi connectivity index (χ1v) is 8.26.